The summed E-state index contributed by atoms with van der Waals surface area (Å²) in [7, 11) is 1.94. The summed E-state index contributed by atoms with van der Waals surface area (Å²) in [5.41, 5.74) is 0. The lowest BCUT2D eigenvalue weighted by atomic mass is 10.3. The topological polar surface area (TPSA) is 49.3 Å². The predicted molar refractivity (Wildman–Crippen MR) is 51.9 cm³/mol. The van der Waals surface area contributed by atoms with E-state index in [-0.39, 0.29) is 5.91 Å². The van der Waals surface area contributed by atoms with Gasteiger partial charge in [0.1, 0.15) is 0 Å². The third kappa shape index (κ3) is 1.72. The Hall–Kier alpha value is -1.49. The van der Waals surface area contributed by atoms with Crippen molar-refractivity contribution in [2.75, 3.05) is 31.6 Å². The van der Waals surface area contributed by atoms with Crippen LogP contribution in [0.1, 0.15) is 0 Å². The molecule has 5 nitrogen and oxygen atoms in total. The van der Waals surface area contributed by atoms with Crippen LogP contribution in [0.4, 0.5) is 5.82 Å². The SMILES string of the molecule is CN1CCN(c2cnccn2)C(=O)C1. The fourth-order valence-electron chi connectivity index (χ4n) is 1.46. The number of carbonyl (C=O) groups is 1. The van der Waals surface area contributed by atoms with Crippen LogP contribution in [-0.2, 0) is 4.79 Å². The minimum atomic E-state index is 0.0826. The van der Waals surface area contributed by atoms with Crippen LogP contribution in [-0.4, -0.2) is 47.5 Å². The van der Waals surface area contributed by atoms with Crippen LogP contribution in [0.25, 0.3) is 0 Å². The normalized spacial score (nSPS) is 18.6. The maximum absolute atomic E-state index is 11.6. The third-order valence-electron chi connectivity index (χ3n) is 2.24. The van der Waals surface area contributed by atoms with Crippen LogP contribution >= 0.6 is 0 Å². The average molecular weight is 192 g/mol. The number of nitrogens with zero attached hydrogens (tertiary/aromatic N) is 4. The molecule has 0 atom stereocenters. The molecule has 0 aromatic carbocycles. The Bertz CT molecular complexity index is 327. The monoisotopic (exact) mass is 192 g/mol. The molecule has 0 spiro atoms. The van der Waals surface area contributed by atoms with Gasteiger partial charge in [-0.25, -0.2) is 4.98 Å². The highest BCUT2D eigenvalue weighted by molar-refractivity contribution is 5.94. The molecule has 0 bridgehead atoms. The second kappa shape index (κ2) is 3.71. The van der Waals surface area contributed by atoms with E-state index in [0.29, 0.717) is 18.9 Å². The van der Waals surface area contributed by atoms with Gasteiger partial charge in [0.05, 0.1) is 12.7 Å². The van der Waals surface area contributed by atoms with Crippen LogP contribution in [0, 0.1) is 0 Å². The van der Waals surface area contributed by atoms with Gasteiger partial charge in [-0.05, 0) is 7.05 Å². The Morgan fingerprint density at radius 2 is 2.21 bits per heavy atom. The molecule has 0 aliphatic carbocycles. The minimum absolute atomic E-state index is 0.0826. The first-order chi connectivity index (χ1) is 6.77. The molecule has 2 heterocycles. The number of hydrogen-bond acceptors (Lipinski definition) is 4. The van der Waals surface area contributed by atoms with Crippen molar-refractivity contribution in [3.05, 3.63) is 18.6 Å². The van der Waals surface area contributed by atoms with Crippen molar-refractivity contribution in [2.24, 2.45) is 0 Å². The van der Waals surface area contributed by atoms with Crippen molar-refractivity contribution in [3.8, 4) is 0 Å². The van der Waals surface area contributed by atoms with E-state index in [0.717, 1.165) is 6.54 Å². The Balaban J connectivity index is 2.16. The number of likely N-dealkylation sites (N-methyl/N-ethyl adjacent to an activating group) is 1. The van der Waals surface area contributed by atoms with Gasteiger partial charge in [0.2, 0.25) is 5.91 Å². The smallest absolute Gasteiger partial charge is 0.242 e. The molecule has 0 unspecified atom stereocenters. The summed E-state index contributed by atoms with van der Waals surface area (Å²) in [5, 5.41) is 0. The van der Waals surface area contributed by atoms with E-state index < -0.39 is 0 Å². The number of carbonyl (C=O) groups excluding carboxylic acids is 1. The molecule has 2 rings (SSSR count). The lowest BCUT2D eigenvalue weighted by Gasteiger charge is -2.30. The average Bonchev–Trinajstić information content (AvgIpc) is 2.19. The molecule has 1 aromatic rings. The molecule has 1 fully saturated rings. The highest BCUT2D eigenvalue weighted by Crippen LogP contribution is 2.11. The highest BCUT2D eigenvalue weighted by Gasteiger charge is 2.23. The molecule has 1 aliphatic rings. The van der Waals surface area contributed by atoms with Crippen LogP contribution in [0.2, 0.25) is 0 Å². The van der Waals surface area contributed by atoms with Crippen LogP contribution in [0.5, 0.6) is 0 Å². The van der Waals surface area contributed by atoms with Crippen molar-refractivity contribution in [3.63, 3.8) is 0 Å². The third-order valence-corrected chi connectivity index (χ3v) is 2.24. The zero-order valence-electron chi connectivity index (χ0n) is 8.05. The van der Waals surface area contributed by atoms with E-state index in [1.165, 1.54) is 0 Å². The lowest BCUT2D eigenvalue weighted by Crippen LogP contribution is -2.49. The molecular formula is C9H12N4O. The first-order valence-corrected chi connectivity index (χ1v) is 4.52. The van der Waals surface area contributed by atoms with Crippen molar-refractivity contribution in [1.82, 2.24) is 14.9 Å². The Kier molecular flexibility index (Phi) is 2.41. The van der Waals surface area contributed by atoms with E-state index in [1.807, 2.05) is 11.9 Å². The number of aromatic nitrogens is 2. The fraction of sp³-hybridized carbons (Fsp3) is 0.444. The van der Waals surface area contributed by atoms with Crippen LogP contribution in [0.15, 0.2) is 18.6 Å². The predicted octanol–water partition coefficient (Wildman–Crippen LogP) is -0.245. The molecule has 5 heteroatoms. The lowest BCUT2D eigenvalue weighted by molar-refractivity contribution is -0.120. The maximum Gasteiger partial charge on any atom is 0.242 e. The second-order valence-corrected chi connectivity index (χ2v) is 3.35. The number of amides is 1. The van der Waals surface area contributed by atoms with Gasteiger partial charge in [-0.3, -0.25) is 19.6 Å². The molecular weight excluding hydrogens is 180 g/mol. The molecule has 1 aliphatic heterocycles. The van der Waals surface area contributed by atoms with Crippen molar-refractivity contribution in [2.45, 2.75) is 0 Å². The second-order valence-electron chi connectivity index (χ2n) is 3.35. The molecule has 0 saturated carbocycles. The zero-order chi connectivity index (χ0) is 9.97. The van der Waals surface area contributed by atoms with Gasteiger partial charge in [0.25, 0.3) is 0 Å². The van der Waals surface area contributed by atoms with E-state index >= 15 is 0 Å². The van der Waals surface area contributed by atoms with Crippen molar-refractivity contribution < 1.29 is 4.79 Å². The Morgan fingerprint density at radius 1 is 1.36 bits per heavy atom. The summed E-state index contributed by atoms with van der Waals surface area (Å²) >= 11 is 0. The van der Waals surface area contributed by atoms with Gasteiger partial charge in [-0.2, -0.15) is 0 Å². The zero-order valence-corrected chi connectivity index (χ0v) is 8.05. The first kappa shape index (κ1) is 9.08. The largest absolute Gasteiger partial charge is 0.296 e. The van der Waals surface area contributed by atoms with E-state index in [9.17, 15) is 4.79 Å². The van der Waals surface area contributed by atoms with Crippen LogP contribution in [0.3, 0.4) is 0 Å². The molecule has 1 aromatic heterocycles. The van der Waals surface area contributed by atoms with Crippen molar-refractivity contribution in [1.29, 1.82) is 0 Å². The van der Waals surface area contributed by atoms with Gasteiger partial charge >= 0.3 is 0 Å². The van der Waals surface area contributed by atoms with Gasteiger partial charge in [0, 0.05) is 25.5 Å². The van der Waals surface area contributed by atoms with E-state index in [1.54, 1.807) is 23.5 Å². The molecule has 14 heavy (non-hydrogen) atoms. The fourth-order valence-corrected chi connectivity index (χ4v) is 1.46. The van der Waals surface area contributed by atoms with E-state index in [2.05, 4.69) is 9.97 Å². The minimum Gasteiger partial charge on any atom is -0.296 e. The summed E-state index contributed by atoms with van der Waals surface area (Å²) in [6, 6.07) is 0. The molecule has 74 valence electrons. The standard InChI is InChI=1S/C9H12N4O/c1-12-4-5-13(9(14)7-12)8-6-10-2-3-11-8/h2-3,6H,4-5,7H2,1H3. The summed E-state index contributed by atoms with van der Waals surface area (Å²) < 4.78 is 0. The van der Waals surface area contributed by atoms with Gasteiger partial charge in [0.15, 0.2) is 5.82 Å². The number of hydrogen-bond donors (Lipinski definition) is 0. The Labute approximate surface area is 82.4 Å². The van der Waals surface area contributed by atoms with Gasteiger partial charge < -0.3 is 0 Å². The summed E-state index contributed by atoms with van der Waals surface area (Å²) in [6.07, 6.45) is 4.81. The summed E-state index contributed by atoms with van der Waals surface area (Å²) in [4.78, 5) is 23.3. The number of anilines is 1. The molecule has 1 saturated heterocycles. The van der Waals surface area contributed by atoms with Crippen LogP contribution < -0.4 is 4.90 Å². The first-order valence-electron chi connectivity index (χ1n) is 4.52. The highest BCUT2D eigenvalue weighted by atomic mass is 16.2. The van der Waals surface area contributed by atoms with Gasteiger partial charge in [-0.15, -0.1) is 0 Å². The molecule has 0 N–H and O–H groups in total. The van der Waals surface area contributed by atoms with Gasteiger partial charge in [-0.1, -0.05) is 0 Å². The quantitative estimate of drug-likeness (QED) is 0.616. The molecule has 1 amide bonds. The summed E-state index contributed by atoms with van der Waals surface area (Å²) in [6.45, 7) is 2.02. The maximum atomic E-state index is 11.6. The van der Waals surface area contributed by atoms with E-state index in [4.69, 9.17) is 0 Å². The number of piperazine rings is 1. The van der Waals surface area contributed by atoms with Crippen molar-refractivity contribution >= 4 is 11.7 Å². The number of rotatable bonds is 1. The summed E-state index contributed by atoms with van der Waals surface area (Å²) in [5.74, 6) is 0.727. The molecule has 0 radical (unpaired) electrons. The Morgan fingerprint density at radius 3 is 2.86 bits per heavy atom.